The molecule has 0 bridgehead atoms. The van der Waals surface area contributed by atoms with Gasteiger partial charge in [0.2, 0.25) is 0 Å². The Labute approximate surface area is 148 Å². The van der Waals surface area contributed by atoms with Crippen LogP contribution in [0, 0.1) is 0 Å². The van der Waals surface area contributed by atoms with Gasteiger partial charge >= 0.3 is 17.9 Å². The quantitative estimate of drug-likeness (QED) is 0.421. The summed E-state index contributed by atoms with van der Waals surface area (Å²) in [7, 11) is 0. The van der Waals surface area contributed by atoms with Crippen LogP contribution in [-0.4, -0.2) is 23.0 Å². The van der Waals surface area contributed by atoms with Gasteiger partial charge in [-0.15, -0.1) is 0 Å². The first-order valence-electron chi connectivity index (χ1n) is 8.26. The minimum absolute atomic E-state index is 0.323. The molecule has 0 aromatic carbocycles. The zero-order valence-corrected chi connectivity index (χ0v) is 14.9. The van der Waals surface area contributed by atoms with Crippen LogP contribution < -0.4 is 0 Å². The van der Waals surface area contributed by atoms with E-state index in [0.717, 1.165) is 56.1 Å². The van der Waals surface area contributed by atoms with Gasteiger partial charge in [-0.2, -0.15) is 0 Å². The van der Waals surface area contributed by atoms with E-state index in [9.17, 15) is 9.59 Å². The van der Waals surface area contributed by atoms with Crippen molar-refractivity contribution in [2.75, 3.05) is 0 Å². The topological polar surface area (TPSA) is 82.1 Å². The number of esters is 1. The maximum absolute atomic E-state index is 11.8. The fraction of sp³-hybridized carbons (Fsp3) is 0.474. The Morgan fingerprint density at radius 3 is 1.88 bits per heavy atom. The van der Waals surface area contributed by atoms with E-state index < -0.39 is 17.9 Å². The third kappa shape index (κ3) is 7.74. The van der Waals surface area contributed by atoms with Gasteiger partial charge in [-0.25, -0.2) is 9.59 Å². The van der Waals surface area contributed by atoms with Crippen molar-refractivity contribution in [2.45, 2.75) is 58.3 Å². The minimum Gasteiger partial charge on any atom is -0.478 e. The highest BCUT2D eigenvalue weighted by Crippen LogP contribution is 2.31. The normalized spacial score (nSPS) is 15.9. The van der Waals surface area contributed by atoms with Crippen molar-refractivity contribution in [3.63, 3.8) is 0 Å². The molecule has 0 saturated carbocycles. The molecule has 0 radical (unpaired) electrons. The van der Waals surface area contributed by atoms with Crippen molar-refractivity contribution in [1.82, 2.24) is 0 Å². The number of aliphatic carboxylic acids is 1. The maximum Gasteiger partial charge on any atom is 0.415 e. The van der Waals surface area contributed by atoms with Crippen molar-refractivity contribution < 1.29 is 28.9 Å². The zero-order valence-electron chi connectivity index (χ0n) is 14.9. The molecule has 0 aromatic rings. The predicted octanol–water partition coefficient (Wildman–Crippen LogP) is 4.21. The van der Waals surface area contributed by atoms with Gasteiger partial charge in [-0.3, -0.25) is 0 Å². The molecule has 2 aliphatic rings. The van der Waals surface area contributed by atoms with Gasteiger partial charge in [0.25, 0.3) is 0 Å². The largest absolute Gasteiger partial charge is 0.478 e. The molecule has 0 heterocycles. The number of carbonyl (C=O) groups excluding carboxylic acids is 1. The Kier molecular flexibility index (Phi) is 7.98. The molecule has 0 fully saturated rings. The first kappa shape index (κ1) is 20.5. The lowest BCUT2D eigenvalue weighted by Crippen LogP contribution is -2.37. The van der Waals surface area contributed by atoms with Gasteiger partial charge in [-0.1, -0.05) is 13.2 Å². The highest BCUT2D eigenvalue weighted by molar-refractivity contribution is 5.87. The molecule has 6 nitrogen and oxygen atoms in total. The molecule has 6 heteroatoms. The first-order valence-corrected chi connectivity index (χ1v) is 8.26. The number of carboxylic acid groups (broad SMARTS) is 1. The number of carbonyl (C=O) groups is 2. The summed E-state index contributed by atoms with van der Waals surface area (Å²) in [6.07, 6.45) is 10.7. The third-order valence-corrected chi connectivity index (χ3v) is 3.43. The molecular formula is C19H26O6. The summed E-state index contributed by atoms with van der Waals surface area (Å²) in [5.41, 5.74) is 0.323. The Hall–Kier alpha value is -2.50. The molecule has 25 heavy (non-hydrogen) atoms. The molecule has 0 spiro atoms. The van der Waals surface area contributed by atoms with Crippen LogP contribution in [0.2, 0.25) is 0 Å². The molecule has 0 atom stereocenters. The van der Waals surface area contributed by atoms with Crippen LogP contribution in [0.5, 0.6) is 0 Å². The van der Waals surface area contributed by atoms with Crippen LogP contribution in [0.1, 0.15) is 52.4 Å². The lowest BCUT2D eigenvalue weighted by Gasteiger charge is -2.31. The van der Waals surface area contributed by atoms with E-state index in [1.807, 2.05) is 12.2 Å². The number of ether oxygens (including phenoxy) is 3. The van der Waals surface area contributed by atoms with E-state index in [0.29, 0.717) is 5.57 Å². The Morgan fingerprint density at radius 1 is 1.16 bits per heavy atom. The van der Waals surface area contributed by atoms with Crippen molar-refractivity contribution in [3.05, 3.63) is 48.5 Å². The highest BCUT2D eigenvalue weighted by Gasteiger charge is 2.36. The minimum atomic E-state index is -1.41. The number of rotatable bonds is 7. The van der Waals surface area contributed by atoms with Crippen LogP contribution in [0.15, 0.2) is 48.5 Å². The lowest BCUT2D eigenvalue weighted by atomic mass is 10.3. The standard InChI is InChI=1S/C16H22O4.C3H4O2/c1-12(2)15(17)20-16(3,18-13-8-4-5-9-13)19-14-10-6-7-11-14;1-2-3(4)5/h8,10H,1,4-7,9,11H2,2-3H3;2H,1H2,(H,4,5). The average Bonchev–Trinajstić information content (AvgIpc) is 3.21. The molecule has 0 aliphatic heterocycles. The Morgan fingerprint density at radius 2 is 1.60 bits per heavy atom. The number of allylic oxidation sites excluding steroid dienone is 4. The lowest BCUT2D eigenvalue weighted by molar-refractivity contribution is -0.321. The highest BCUT2D eigenvalue weighted by atomic mass is 16.9. The summed E-state index contributed by atoms with van der Waals surface area (Å²) in [6.45, 7) is 9.78. The first-order chi connectivity index (χ1) is 11.8. The van der Waals surface area contributed by atoms with E-state index >= 15 is 0 Å². The van der Waals surface area contributed by atoms with Crippen molar-refractivity contribution in [2.24, 2.45) is 0 Å². The van der Waals surface area contributed by atoms with E-state index in [2.05, 4.69) is 13.2 Å². The van der Waals surface area contributed by atoms with Gasteiger partial charge < -0.3 is 19.3 Å². The summed E-state index contributed by atoms with van der Waals surface area (Å²) in [6, 6.07) is 0. The van der Waals surface area contributed by atoms with Gasteiger partial charge in [-0.05, 0) is 44.8 Å². The average molecular weight is 350 g/mol. The van der Waals surface area contributed by atoms with Crippen LogP contribution >= 0.6 is 0 Å². The van der Waals surface area contributed by atoms with Crippen LogP contribution in [-0.2, 0) is 23.8 Å². The summed E-state index contributed by atoms with van der Waals surface area (Å²) >= 11 is 0. The molecule has 2 aliphatic carbocycles. The number of carboxylic acids is 1. The van der Waals surface area contributed by atoms with E-state index in [-0.39, 0.29) is 0 Å². The molecule has 0 amide bonds. The van der Waals surface area contributed by atoms with Crippen LogP contribution in [0.25, 0.3) is 0 Å². The van der Waals surface area contributed by atoms with E-state index in [1.165, 1.54) is 0 Å². The predicted molar refractivity (Wildman–Crippen MR) is 93.2 cm³/mol. The van der Waals surface area contributed by atoms with Gasteiger partial charge in [0.15, 0.2) is 0 Å². The fourth-order valence-corrected chi connectivity index (χ4v) is 2.26. The van der Waals surface area contributed by atoms with Crippen molar-refractivity contribution in [3.8, 4) is 0 Å². The molecule has 138 valence electrons. The summed E-state index contributed by atoms with van der Waals surface area (Å²) in [5, 5.41) is 7.60. The van der Waals surface area contributed by atoms with E-state index in [1.54, 1.807) is 13.8 Å². The SMILES string of the molecule is C=C(C)C(=O)OC(C)(OC1=CCCC1)OC1=CCCC1.C=CC(=O)O. The fourth-order valence-electron chi connectivity index (χ4n) is 2.26. The number of hydrogen-bond acceptors (Lipinski definition) is 5. The van der Waals surface area contributed by atoms with Crippen molar-refractivity contribution >= 4 is 11.9 Å². The molecule has 0 unspecified atom stereocenters. The van der Waals surface area contributed by atoms with Gasteiger partial charge in [0.1, 0.15) is 11.5 Å². The smallest absolute Gasteiger partial charge is 0.415 e. The second kappa shape index (κ2) is 9.71. The van der Waals surface area contributed by atoms with Gasteiger partial charge in [0, 0.05) is 24.5 Å². The molecule has 0 saturated heterocycles. The maximum atomic E-state index is 11.8. The number of hydrogen-bond donors (Lipinski definition) is 1. The Balaban J connectivity index is 0.000000550. The van der Waals surface area contributed by atoms with Crippen molar-refractivity contribution in [1.29, 1.82) is 0 Å². The molecule has 0 aromatic heterocycles. The molecular weight excluding hydrogens is 324 g/mol. The summed E-state index contributed by atoms with van der Waals surface area (Å²) in [4.78, 5) is 21.0. The van der Waals surface area contributed by atoms with Crippen LogP contribution in [0.4, 0.5) is 0 Å². The summed E-state index contributed by atoms with van der Waals surface area (Å²) in [5.74, 6) is -1.27. The second-order valence-electron chi connectivity index (χ2n) is 5.90. The van der Waals surface area contributed by atoms with E-state index in [4.69, 9.17) is 19.3 Å². The zero-order chi connectivity index (χ0) is 18.9. The molecule has 1 N–H and O–H groups in total. The monoisotopic (exact) mass is 350 g/mol. The third-order valence-electron chi connectivity index (χ3n) is 3.43. The van der Waals surface area contributed by atoms with Gasteiger partial charge in [0.05, 0.1) is 6.92 Å². The molecule has 2 rings (SSSR count). The second-order valence-corrected chi connectivity index (χ2v) is 5.90. The summed E-state index contributed by atoms with van der Waals surface area (Å²) < 4.78 is 16.9. The van der Waals surface area contributed by atoms with Crippen LogP contribution in [0.3, 0.4) is 0 Å². The Bertz CT molecular complexity index is 550.